The van der Waals surface area contributed by atoms with Crippen molar-refractivity contribution in [3.63, 3.8) is 0 Å². The third-order valence-corrected chi connectivity index (χ3v) is 2.92. The molecule has 9 heteroatoms. The number of nitrogens with zero attached hydrogens (tertiary/aromatic N) is 3. The minimum absolute atomic E-state index is 0.133. The minimum Gasteiger partial charge on any atom is -0.490 e. The Morgan fingerprint density at radius 2 is 2.25 bits per heavy atom. The van der Waals surface area contributed by atoms with Gasteiger partial charge in [-0.25, -0.2) is 10.5 Å². The van der Waals surface area contributed by atoms with Crippen molar-refractivity contribution in [3.05, 3.63) is 40.1 Å². The lowest BCUT2D eigenvalue weighted by Gasteiger charge is -2.07. The van der Waals surface area contributed by atoms with Gasteiger partial charge in [0, 0.05) is 11.1 Å². The number of hydrazine groups is 1. The topological polar surface area (TPSA) is 95.1 Å². The highest BCUT2D eigenvalue weighted by atomic mass is 35.5. The average Bonchev–Trinajstić information content (AvgIpc) is 2.90. The first kappa shape index (κ1) is 14.6. The van der Waals surface area contributed by atoms with Gasteiger partial charge in [0.1, 0.15) is 12.4 Å². The number of rotatable bonds is 5. The van der Waals surface area contributed by atoms with Crippen molar-refractivity contribution in [2.45, 2.75) is 6.54 Å². The molecule has 2 rings (SSSR count). The molecule has 0 unspecified atom stereocenters. The minimum atomic E-state index is -0.505. The maximum absolute atomic E-state index is 11.2. The van der Waals surface area contributed by atoms with E-state index in [2.05, 4.69) is 10.3 Å². The van der Waals surface area contributed by atoms with Crippen LogP contribution in [-0.2, 0) is 6.54 Å². The predicted octanol–water partition coefficient (Wildman–Crippen LogP) is 1.27. The molecule has 20 heavy (non-hydrogen) atoms. The molecule has 1 heterocycles. The van der Waals surface area contributed by atoms with Gasteiger partial charge in [-0.15, -0.1) is 5.10 Å². The van der Waals surface area contributed by atoms with E-state index >= 15 is 0 Å². The fourth-order valence-electron chi connectivity index (χ4n) is 1.42. The van der Waals surface area contributed by atoms with Crippen LogP contribution in [0.2, 0.25) is 10.0 Å². The maximum atomic E-state index is 11.2. The Morgan fingerprint density at radius 1 is 1.45 bits per heavy atom. The molecule has 0 fully saturated rings. The second kappa shape index (κ2) is 6.56. The van der Waals surface area contributed by atoms with Gasteiger partial charge in [-0.2, -0.15) is 0 Å². The monoisotopic (exact) mass is 315 g/mol. The molecule has 106 valence electrons. The van der Waals surface area contributed by atoms with Gasteiger partial charge < -0.3 is 4.74 Å². The zero-order chi connectivity index (χ0) is 14.5. The summed E-state index contributed by atoms with van der Waals surface area (Å²) >= 11 is 11.8. The first-order chi connectivity index (χ1) is 9.60. The fourth-order valence-corrected chi connectivity index (χ4v) is 1.76. The Bertz CT molecular complexity index is 617. The molecule has 1 aromatic carbocycles. The van der Waals surface area contributed by atoms with Crippen molar-refractivity contribution >= 4 is 29.1 Å². The zero-order valence-electron chi connectivity index (χ0n) is 10.2. The first-order valence-electron chi connectivity index (χ1n) is 5.59. The molecule has 3 N–H and O–H groups in total. The molecule has 0 spiro atoms. The number of nitrogen functional groups attached to an aromatic ring is 1. The summed E-state index contributed by atoms with van der Waals surface area (Å²) in [5.41, 5.74) is 2.10. The van der Waals surface area contributed by atoms with Crippen molar-refractivity contribution in [3.8, 4) is 5.75 Å². The normalized spacial score (nSPS) is 10.3. The highest BCUT2D eigenvalue weighted by molar-refractivity contribution is 6.34. The molecule has 0 aliphatic carbocycles. The third-order valence-electron chi connectivity index (χ3n) is 2.37. The maximum Gasteiger partial charge on any atom is 0.287 e. The van der Waals surface area contributed by atoms with E-state index in [1.165, 1.54) is 10.9 Å². The highest BCUT2D eigenvalue weighted by Crippen LogP contribution is 2.27. The summed E-state index contributed by atoms with van der Waals surface area (Å²) in [6.45, 7) is 0.695. The van der Waals surface area contributed by atoms with Gasteiger partial charge in [-0.3, -0.25) is 10.2 Å². The Morgan fingerprint density at radius 3 is 3.00 bits per heavy atom. The van der Waals surface area contributed by atoms with E-state index in [1.54, 1.807) is 18.2 Å². The van der Waals surface area contributed by atoms with Gasteiger partial charge in [0.15, 0.2) is 5.69 Å². The molecule has 0 aliphatic heterocycles. The number of carbonyl (C=O) groups excluding carboxylic acids is 1. The van der Waals surface area contributed by atoms with Gasteiger partial charge in [0.05, 0.1) is 17.8 Å². The van der Waals surface area contributed by atoms with E-state index in [4.69, 9.17) is 33.8 Å². The standard InChI is InChI=1S/C11H11Cl2N5O2/c12-7-1-2-8(13)10(5-7)20-4-3-18-6-9(16-17-18)11(19)15-14/h1-2,5-6H,3-4,14H2,(H,15,19). The molecule has 0 bridgehead atoms. The second-order valence-corrected chi connectivity index (χ2v) is 4.61. The van der Waals surface area contributed by atoms with Gasteiger partial charge >= 0.3 is 0 Å². The summed E-state index contributed by atoms with van der Waals surface area (Å²) in [5, 5.41) is 8.43. The number of nitrogens with one attached hydrogen (secondary N) is 1. The smallest absolute Gasteiger partial charge is 0.287 e. The van der Waals surface area contributed by atoms with Crippen molar-refractivity contribution in [1.82, 2.24) is 20.4 Å². The largest absolute Gasteiger partial charge is 0.490 e. The van der Waals surface area contributed by atoms with Gasteiger partial charge in [0.2, 0.25) is 0 Å². The van der Waals surface area contributed by atoms with E-state index in [1.807, 2.05) is 5.43 Å². The molecule has 2 aromatic rings. The van der Waals surface area contributed by atoms with E-state index < -0.39 is 5.91 Å². The number of benzene rings is 1. The van der Waals surface area contributed by atoms with Gasteiger partial charge in [-0.05, 0) is 12.1 Å². The molecule has 0 saturated carbocycles. The number of hydrogen-bond donors (Lipinski definition) is 2. The summed E-state index contributed by atoms with van der Waals surface area (Å²) in [4.78, 5) is 11.2. The van der Waals surface area contributed by atoms with E-state index in [0.717, 1.165) is 0 Å². The van der Waals surface area contributed by atoms with Crippen LogP contribution in [0.5, 0.6) is 5.75 Å². The van der Waals surface area contributed by atoms with Crippen LogP contribution in [0.15, 0.2) is 24.4 Å². The van der Waals surface area contributed by atoms with Crippen LogP contribution in [0.1, 0.15) is 10.5 Å². The summed E-state index contributed by atoms with van der Waals surface area (Å²) in [5.74, 6) is 4.97. The van der Waals surface area contributed by atoms with Crippen LogP contribution in [-0.4, -0.2) is 27.5 Å². The number of nitrogens with two attached hydrogens (primary N) is 1. The highest BCUT2D eigenvalue weighted by Gasteiger charge is 2.09. The molecule has 0 saturated heterocycles. The summed E-state index contributed by atoms with van der Waals surface area (Å²) in [6, 6.07) is 4.95. The molecule has 1 amide bonds. The lowest BCUT2D eigenvalue weighted by molar-refractivity contribution is 0.0948. The van der Waals surface area contributed by atoms with Crippen molar-refractivity contribution in [1.29, 1.82) is 0 Å². The SMILES string of the molecule is NNC(=O)c1cn(CCOc2cc(Cl)ccc2Cl)nn1. The fraction of sp³-hybridized carbons (Fsp3) is 0.182. The molecular weight excluding hydrogens is 305 g/mol. The summed E-state index contributed by atoms with van der Waals surface area (Å²) < 4.78 is 6.95. The van der Waals surface area contributed by atoms with Crippen molar-refractivity contribution in [2.24, 2.45) is 5.84 Å². The number of hydrogen-bond acceptors (Lipinski definition) is 5. The number of aromatic nitrogens is 3. The molecular formula is C11H11Cl2N5O2. The zero-order valence-corrected chi connectivity index (χ0v) is 11.7. The van der Waals surface area contributed by atoms with E-state index in [9.17, 15) is 4.79 Å². The molecule has 7 nitrogen and oxygen atoms in total. The summed E-state index contributed by atoms with van der Waals surface area (Å²) in [7, 11) is 0. The Kier molecular flexibility index (Phi) is 4.78. The van der Waals surface area contributed by atoms with Crippen LogP contribution >= 0.6 is 23.2 Å². The Balaban J connectivity index is 1.91. The van der Waals surface area contributed by atoms with Gasteiger partial charge in [0.25, 0.3) is 5.91 Å². The molecule has 0 radical (unpaired) electrons. The van der Waals surface area contributed by atoms with E-state index in [-0.39, 0.29) is 5.69 Å². The van der Waals surface area contributed by atoms with Crippen LogP contribution < -0.4 is 16.0 Å². The van der Waals surface area contributed by atoms with Crippen molar-refractivity contribution < 1.29 is 9.53 Å². The third kappa shape index (κ3) is 3.60. The quantitative estimate of drug-likeness (QED) is 0.492. The van der Waals surface area contributed by atoms with Crippen molar-refractivity contribution in [2.75, 3.05) is 6.61 Å². The molecule has 0 atom stereocenters. The Labute approximate surface area is 124 Å². The molecule has 0 aliphatic rings. The predicted molar refractivity (Wildman–Crippen MR) is 73.6 cm³/mol. The second-order valence-electron chi connectivity index (χ2n) is 3.76. The van der Waals surface area contributed by atoms with Crippen LogP contribution in [0, 0.1) is 0 Å². The Hall–Kier alpha value is -1.83. The van der Waals surface area contributed by atoms with E-state index in [0.29, 0.717) is 28.9 Å². The first-order valence-corrected chi connectivity index (χ1v) is 6.34. The lowest BCUT2D eigenvalue weighted by atomic mass is 10.3. The molecule has 1 aromatic heterocycles. The van der Waals surface area contributed by atoms with Crippen LogP contribution in [0.25, 0.3) is 0 Å². The van der Waals surface area contributed by atoms with Gasteiger partial charge in [-0.1, -0.05) is 28.4 Å². The van der Waals surface area contributed by atoms with Crippen LogP contribution in [0.4, 0.5) is 0 Å². The van der Waals surface area contributed by atoms with Crippen LogP contribution in [0.3, 0.4) is 0 Å². The average molecular weight is 316 g/mol. The lowest BCUT2D eigenvalue weighted by Crippen LogP contribution is -2.30. The number of amides is 1. The number of carbonyl (C=O) groups is 1. The number of halogens is 2. The summed E-state index contributed by atoms with van der Waals surface area (Å²) in [6.07, 6.45) is 1.46. The number of ether oxygens (including phenoxy) is 1.